The minimum absolute atomic E-state index is 0.00292. The molecule has 1 aliphatic rings. The normalized spacial score (nSPS) is 16.1. The molecule has 0 spiro atoms. The number of amides is 1. The molecule has 0 aliphatic carbocycles. The summed E-state index contributed by atoms with van der Waals surface area (Å²) in [6.07, 6.45) is 6.11. The molecule has 5 rings (SSSR count). The number of hydrogen-bond donors (Lipinski definition) is 0. The Balaban J connectivity index is 1.48. The van der Waals surface area contributed by atoms with Gasteiger partial charge < -0.3 is 18.6 Å². The van der Waals surface area contributed by atoms with E-state index in [1.807, 2.05) is 34.9 Å². The van der Waals surface area contributed by atoms with Gasteiger partial charge in [-0.1, -0.05) is 25.1 Å². The maximum atomic E-state index is 13.5. The van der Waals surface area contributed by atoms with E-state index >= 15 is 0 Å². The van der Waals surface area contributed by atoms with Crippen LogP contribution < -0.4 is 5.56 Å². The summed E-state index contributed by atoms with van der Waals surface area (Å²) in [5.74, 6) is 0.508. The minimum Gasteiger partial charge on any atom is -0.467 e. The van der Waals surface area contributed by atoms with Gasteiger partial charge in [0, 0.05) is 36.0 Å². The summed E-state index contributed by atoms with van der Waals surface area (Å²) in [6, 6.07) is 11.6. The van der Waals surface area contributed by atoms with Gasteiger partial charge in [-0.15, -0.1) is 0 Å². The summed E-state index contributed by atoms with van der Waals surface area (Å²) in [6.45, 7) is 4.19. The van der Waals surface area contributed by atoms with Gasteiger partial charge in [0.2, 0.25) is 5.91 Å². The van der Waals surface area contributed by atoms with Crippen LogP contribution in [0, 0.1) is 0 Å². The number of para-hydroxylation sites is 1. The number of furan rings is 1. The van der Waals surface area contributed by atoms with Crippen molar-refractivity contribution in [1.82, 2.24) is 19.2 Å². The summed E-state index contributed by atoms with van der Waals surface area (Å²) in [4.78, 5) is 28.5. The van der Waals surface area contributed by atoms with Crippen LogP contribution in [0.15, 0.2) is 58.1 Å². The van der Waals surface area contributed by atoms with Crippen molar-refractivity contribution in [3.63, 3.8) is 0 Å². The zero-order chi connectivity index (χ0) is 22.8. The number of aromatic nitrogens is 3. The minimum atomic E-state index is -0.249. The van der Waals surface area contributed by atoms with Crippen LogP contribution in [0.3, 0.4) is 0 Å². The molecule has 4 aromatic rings. The Morgan fingerprint density at radius 1 is 1.21 bits per heavy atom. The first-order valence-electron chi connectivity index (χ1n) is 11.5. The second-order valence-corrected chi connectivity index (χ2v) is 8.53. The number of benzene rings is 1. The lowest BCUT2D eigenvalue weighted by molar-refractivity contribution is -0.134. The maximum absolute atomic E-state index is 13.5. The molecule has 8 heteroatoms. The molecule has 0 saturated carbocycles. The van der Waals surface area contributed by atoms with E-state index in [9.17, 15) is 9.59 Å². The third-order valence-corrected chi connectivity index (χ3v) is 6.23. The van der Waals surface area contributed by atoms with Gasteiger partial charge in [0.05, 0.1) is 25.1 Å². The summed E-state index contributed by atoms with van der Waals surface area (Å²) in [5.41, 5.74) is 1.35. The number of fused-ring (bicyclic) bond motifs is 3. The highest BCUT2D eigenvalue weighted by molar-refractivity contribution is 6.07. The van der Waals surface area contributed by atoms with Gasteiger partial charge in [0.1, 0.15) is 17.8 Å². The van der Waals surface area contributed by atoms with Gasteiger partial charge in [0.25, 0.3) is 5.56 Å². The van der Waals surface area contributed by atoms with Gasteiger partial charge in [-0.25, -0.2) is 4.68 Å². The highest BCUT2D eigenvalue weighted by Crippen LogP contribution is 2.26. The zero-order valence-electron chi connectivity index (χ0n) is 18.8. The first-order valence-corrected chi connectivity index (χ1v) is 11.5. The van der Waals surface area contributed by atoms with E-state index < -0.39 is 0 Å². The van der Waals surface area contributed by atoms with Gasteiger partial charge in [-0.2, -0.15) is 5.10 Å². The van der Waals surface area contributed by atoms with E-state index in [1.165, 1.54) is 4.68 Å². The van der Waals surface area contributed by atoms with Crippen molar-refractivity contribution >= 4 is 27.7 Å². The molecule has 8 nitrogen and oxygen atoms in total. The van der Waals surface area contributed by atoms with Crippen LogP contribution in [0.2, 0.25) is 0 Å². The second-order valence-electron chi connectivity index (χ2n) is 8.53. The fourth-order valence-electron chi connectivity index (χ4n) is 4.67. The standard InChI is InChI=1S/C25H28N4O4/c1-2-11-28-22-10-4-3-9-20(22)21-14-26-29(25(31)24(21)28)17-23(30)27(15-18-7-5-12-32-18)16-19-8-6-13-33-19/h3-5,7,9-10,12,14,19H,2,6,8,11,13,15-17H2,1H3/t19-/m1/s1. The highest BCUT2D eigenvalue weighted by Gasteiger charge is 2.25. The van der Waals surface area contributed by atoms with Crippen molar-refractivity contribution in [2.75, 3.05) is 13.2 Å². The van der Waals surface area contributed by atoms with Crippen LogP contribution in [-0.4, -0.2) is 44.4 Å². The van der Waals surface area contributed by atoms with Gasteiger partial charge >= 0.3 is 0 Å². The maximum Gasteiger partial charge on any atom is 0.291 e. The third kappa shape index (κ3) is 4.18. The number of nitrogens with zero attached hydrogens (tertiary/aromatic N) is 4. The molecule has 1 atom stereocenters. The lowest BCUT2D eigenvalue weighted by Crippen LogP contribution is -2.41. The van der Waals surface area contributed by atoms with Crippen molar-refractivity contribution in [3.05, 3.63) is 65.0 Å². The number of carbonyl (C=O) groups excluding carboxylic acids is 1. The predicted molar refractivity (Wildman–Crippen MR) is 125 cm³/mol. The Hall–Kier alpha value is -3.39. The van der Waals surface area contributed by atoms with Gasteiger partial charge in [-0.3, -0.25) is 9.59 Å². The molecule has 0 radical (unpaired) electrons. The molecule has 1 amide bonds. The average molecular weight is 449 g/mol. The van der Waals surface area contributed by atoms with Crippen LogP contribution in [-0.2, 0) is 29.2 Å². The van der Waals surface area contributed by atoms with E-state index in [0.29, 0.717) is 31.0 Å². The van der Waals surface area contributed by atoms with Crippen LogP contribution >= 0.6 is 0 Å². The summed E-state index contributed by atoms with van der Waals surface area (Å²) < 4.78 is 14.5. The van der Waals surface area contributed by atoms with Crippen molar-refractivity contribution < 1.29 is 13.9 Å². The summed E-state index contributed by atoms with van der Waals surface area (Å²) in [7, 11) is 0. The highest BCUT2D eigenvalue weighted by atomic mass is 16.5. The number of aryl methyl sites for hydroxylation is 1. The van der Waals surface area contributed by atoms with Crippen molar-refractivity contribution in [2.45, 2.75) is 51.9 Å². The Labute approximate surface area is 191 Å². The van der Waals surface area contributed by atoms with E-state index in [-0.39, 0.29) is 24.1 Å². The Morgan fingerprint density at radius 3 is 2.85 bits per heavy atom. The number of rotatable bonds is 8. The SMILES string of the molecule is CCCn1c2ccccc2c2cnn(CC(=O)N(Cc3ccco3)C[C@H]3CCCO3)c(=O)c21. The molecule has 3 aromatic heterocycles. The van der Waals surface area contributed by atoms with Crippen LogP contribution in [0.4, 0.5) is 0 Å². The topological polar surface area (TPSA) is 82.5 Å². The molecule has 1 aliphatic heterocycles. The number of ether oxygens (including phenoxy) is 1. The average Bonchev–Trinajstić information content (AvgIpc) is 3.58. The van der Waals surface area contributed by atoms with Crippen molar-refractivity contribution in [2.24, 2.45) is 0 Å². The molecule has 0 N–H and O–H groups in total. The molecule has 1 saturated heterocycles. The van der Waals surface area contributed by atoms with Gasteiger partial charge in [0.15, 0.2) is 0 Å². The van der Waals surface area contributed by atoms with Crippen LogP contribution in [0.25, 0.3) is 21.8 Å². The molecule has 33 heavy (non-hydrogen) atoms. The predicted octanol–water partition coefficient (Wildman–Crippen LogP) is 3.56. The largest absolute Gasteiger partial charge is 0.467 e. The zero-order valence-corrected chi connectivity index (χ0v) is 18.8. The molecule has 0 unspecified atom stereocenters. The summed E-state index contributed by atoms with van der Waals surface area (Å²) in [5, 5.41) is 6.19. The Bertz CT molecular complexity index is 1320. The lowest BCUT2D eigenvalue weighted by atomic mass is 10.2. The van der Waals surface area contributed by atoms with Crippen molar-refractivity contribution in [1.29, 1.82) is 0 Å². The number of carbonyl (C=O) groups is 1. The number of hydrogen-bond acceptors (Lipinski definition) is 5. The van der Waals surface area contributed by atoms with E-state index in [4.69, 9.17) is 9.15 Å². The quantitative estimate of drug-likeness (QED) is 0.412. The monoisotopic (exact) mass is 448 g/mol. The van der Waals surface area contributed by atoms with Crippen LogP contribution in [0.1, 0.15) is 31.9 Å². The molecule has 4 heterocycles. The molecular formula is C25H28N4O4. The molecule has 1 fully saturated rings. The first-order chi connectivity index (χ1) is 16.2. The fourth-order valence-corrected chi connectivity index (χ4v) is 4.67. The molecule has 172 valence electrons. The van der Waals surface area contributed by atoms with E-state index in [2.05, 4.69) is 12.0 Å². The third-order valence-electron chi connectivity index (χ3n) is 6.23. The molecular weight excluding hydrogens is 420 g/mol. The molecule has 1 aromatic carbocycles. The van der Waals surface area contributed by atoms with E-state index in [1.54, 1.807) is 23.4 Å². The second kappa shape index (κ2) is 9.23. The summed E-state index contributed by atoms with van der Waals surface area (Å²) >= 11 is 0. The Kier molecular flexibility index (Phi) is 6.00. The van der Waals surface area contributed by atoms with Gasteiger partial charge in [-0.05, 0) is 37.5 Å². The Morgan fingerprint density at radius 2 is 2.09 bits per heavy atom. The van der Waals surface area contributed by atoms with Crippen molar-refractivity contribution in [3.8, 4) is 0 Å². The first kappa shape index (κ1) is 21.5. The fraction of sp³-hybridized carbons (Fsp3) is 0.400. The molecule has 0 bridgehead atoms. The van der Waals surface area contributed by atoms with Crippen LogP contribution in [0.5, 0.6) is 0 Å². The lowest BCUT2D eigenvalue weighted by Gasteiger charge is -2.24. The van der Waals surface area contributed by atoms with E-state index in [0.717, 1.165) is 42.1 Å². The smallest absolute Gasteiger partial charge is 0.291 e.